The minimum absolute atomic E-state index is 0.0354. The van der Waals surface area contributed by atoms with Crippen LogP contribution in [0.25, 0.3) is 22.1 Å². The zero-order valence-electron chi connectivity index (χ0n) is 24.5. The van der Waals surface area contributed by atoms with E-state index in [9.17, 15) is 26.4 Å². The van der Waals surface area contributed by atoms with Gasteiger partial charge in [-0.2, -0.15) is 4.31 Å². The van der Waals surface area contributed by atoms with Crippen LogP contribution in [0, 0.1) is 12.8 Å². The highest BCUT2D eigenvalue weighted by Gasteiger charge is 2.35. The molecule has 4 aromatic rings. The van der Waals surface area contributed by atoms with Crippen molar-refractivity contribution in [3.63, 3.8) is 0 Å². The Balaban J connectivity index is 1.51. The summed E-state index contributed by atoms with van der Waals surface area (Å²) in [5, 5.41) is 3.28. The number of hydrogen-bond donors (Lipinski definition) is 2. The molecule has 1 heterocycles. The molecule has 1 aromatic heterocycles. The van der Waals surface area contributed by atoms with Crippen LogP contribution in [0.3, 0.4) is 0 Å². The molecule has 0 fully saturated rings. The molecule has 1 amide bonds. The molecule has 2 N–H and O–H groups in total. The molecule has 1 atom stereocenters. The average molecular weight is 628 g/mol. The molecule has 13 heteroatoms. The number of carbonyl (C=O) groups is 2. The highest BCUT2D eigenvalue weighted by atomic mass is 32.2. The summed E-state index contributed by atoms with van der Waals surface area (Å²) in [5.74, 6) is -1.38. The van der Waals surface area contributed by atoms with Crippen LogP contribution in [0.2, 0.25) is 0 Å². The molecule has 0 unspecified atom stereocenters. The van der Waals surface area contributed by atoms with Gasteiger partial charge in [-0.15, -0.1) is 0 Å². The third-order valence-corrected chi connectivity index (χ3v) is 9.37. The summed E-state index contributed by atoms with van der Waals surface area (Å²) in [6.07, 6.45) is 1.04. The van der Waals surface area contributed by atoms with Gasteiger partial charge in [-0.1, -0.05) is 44.2 Å². The molecule has 0 bridgehead atoms. The summed E-state index contributed by atoms with van der Waals surface area (Å²) in [4.78, 5) is 25.3. The molecule has 0 aliphatic heterocycles. The number of furan rings is 1. The molecule has 3 aromatic carbocycles. The van der Waals surface area contributed by atoms with Crippen LogP contribution in [-0.2, 0) is 29.6 Å². The number of sulfonamides is 2. The largest absolute Gasteiger partial charge is 0.468 e. The number of amides is 1. The number of likely N-dealkylation sites (N-methyl/N-ethyl adjacent to an activating group) is 1. The van der Waals surface area contributed by atoms with Gasteiger partial charge in [-0.05, 0) is 60.4 Å². The smallest absolute Gasteiger partial charge is 0.324 e. The lowest BCUT2D eigenvalue weighted by molar-refractivity contribution is -0.146. The first-order valence-electron chi connectivity index (χ1n) is 13.2. The van der Waals surface area contributed by atoms with Crippen LogP contribution in [0.15, 0.2) is 76.0 Å². The van der Waals surface area contributed by atoms with Crippen molar-refractivity contribution in [2.45, 2.75) is 31.7 Å². The molecule has 0 spiro atoms. The third-order valence-electron chi connectivity index (χ3n) is 6.93. The van der Waals surface area contributed by atoms with E-state index in [1.807, 2.05) is 0 Å². The monoisotopic (exact) mass is 627 g/mol. The number of anilines is 2. The number of rotatable bonds is 10. The van der Waals surface area contributed by atoms with Gasteiger partial charge >= 0.3 is 5.97 Å². The minimum atomic E-state index is -3.97. The summed E-state index contributed by atoms with van der Waals surface area (Å²) in [5.41, 5.74) is 3.19. The fourth-order valence-electron chi connectivity index (χ4n) is 4.83. The van der Waals surface area contributed by atoms with Gasteiger partial charge in [0.1, 0.15) is 11.6 Å². The lowest BCUT2D eigenvalue weighted by Gasteiger charge is -2.28. The van der Waals surface area contributed by atoms with Gasteiger partial charge in [0.05, 0.1) is 23.9 Å². The summed E-state index contributed by atoms with van der Waals surface area (Å²) in [7, 11) is -4.92. The van der Waals surface area contributed by atoms with E-state index in [1.54, 1.807) is 75.4 Å². The zero-order valence-corrected chi connectivity index (χ0v) is 26.2. The van der Waals surface area contributed by atoms with Crippen LogP contribution in [0.5, 0.6) is 0 Å². The number of esters is 1. The van der Waals surface area contributed by atoms with E-state index in [0.717, 1.165) is 21.7 Å². The molecule has 0 saturated heterocycles. The topological polar surface area (TPSA) is 152 Å². The Morgan fingerprint density at radius 1 is 0.907 bits per heavy atom. The number of carbonyl (C=O) groups excluding carboxylic acids is 2. The highest BCUT2D eigenvalue weighted by Crippen LogP contribution is 2.33. The summed E-state index contributed by atoms with van der Waals surface area (Å²) >= 11 is 0. The molecular formula is C30H33N3O8S2. The first kappa shape index (κ1) is 31.7. The first-order valence-corrected chi connectivity index (χ1v) is 16.5. The van der Waals surface area contributed by atoms with Gasteiger partial charge in [0, 0.05) is 23.7 Å². The second kappa shape index (κ2) is 12.2. The molecule has 0 aliphatic carbocycles. The second-order valence-electron chi connectivity index (χ2n) is 10.4. The van der Waals surface area contributed by atoms with Gasteiger partial charge in [-0.3, -0.25) is 14.3 Å². The van der Waals surface area contributed by atoms with Crippen LogP contribution in [0.4, 0.5) is 11.4 Å². The Bertz CT molecular complexity index is 1880. The second-order valence-corrected chi connectivity index (χ2v) is 14.1. The summed E-state index contributed by atoms with van der Waals surface area (Å²) in [6.45, 7) is 5.17. The first-order chi connectivity index (χ1) is 20.1. The van der Waals surface area contributed by atoms with E-state index >= 15 is 0 Å². The fraction of sp³-hybridized carbons (Fsp3) is 0.267. The van der Waals surface area contributed by atoms with Crippen molar-refractivity contribution in [3.05, 3.63) is 78.1 Å². The van der Waals surface area contributed by atoms with Crippen molar-refractivity contribution in [3.8, 4) is 11.1 Å². The molecule has 0 radical (unpaired) electrons. The lowest BCUT2D eigenvalue weighted by Crippen LogP contribution is -2.46. The number of nitrogens with one attached hydrogen (secondary N) is 2. The number of benzene rings is 3. The normalized spacial score (nSPS) is 12.8. The predicted octanol–water partition coefficient (Wildman–Crippen LogP) is 4.85. The van der Waals surface area contributed by atoms with Crippen molar-refractivity contribution in [2.75, 3.05) is 30.5 Å². The minimum Gasteiger partial charge on any atom is -0.468 e. The maximum atomic E-state index is 13.2. The maximum Gasteiger partial charge on any atom is 0.324 e. The Labute approximate surface area is 250 Å². The molecule has 0 aliphatic rings. The van der Waals surface area contributed by atoms with Crippen LogP contribution >= 0.6 is 0 Å². The molecular weight excluding hydrogens is 594 g/mol. The van der Waals surface area contributed by atoms with Crippen molar-refractivity contribution >= 4 is 54.3 Å². The standard InChI is InChI=1S/C30H33N3O8S2/c1-18(2)27(30(35)40-5)33(4)43(38,39)23-16-12-21(13-17-23)20-10-14-22(15-11-20)31-29(34)28-19(3)26-24(32-42(6,36)37)8-7-9-25(26)41-28/h7-18,27,32H,1-6H3,(H,31,34)/t27-/m0/s1. The van der Waals surface area contributed by atoms with Crippen LogP contribution in [0.1, 0.15) is 30.0 Å². The van der Waals surface area contributed by atoms with Gasteiger partial charge < -0.3 is 14.5 Å². The zero-order chi connectivity index (χ0) is 31.7. The van der Waals surface area contributed by atoms with Crippen molar-refractivity contribution in [1.29, 1.82) is 0 Å². The van der Waals surface area contributed by atoms with E-state index in [2.05, 4.69) is 10.0 Å². The predicted molar refractivity (Wildman–Crippen MR) is 165 cm³/mol. The lowest BCUT2D eigenvalue weighted by atomic mass is 10.1. The maximum absolute atomic E-state index is 13.2. The molecule has 228 valence electrons. The molecule has 43 heavy (non-hydrogen) atoms. The van der Waals surface area contributed by atoms with Gasteiger partial charge in [0.15, 0.2) is 5.76 Å². The number of methoxy groups -OCH3 is 1. The van der Waals surface area contributed by atoms with E-state index in [1.165, 1.54) is 26.3 Å². The Hall–Kier alpha value is -4.20. The van der Waals surface area contributed by atoms with Crippen LogP contribution < -0.4 is 10.0 Å². The molecule has 4 rings (SSSR count). The number of aryl methyl sites for hydroxylation is 1. The number of nitrogens with zero attached hydrogens (tertiary/aromatic N) is 1. The van der Waals surface area contributed by atoms with E-state index < -0.39 is 38.0 Å². The van der Waals surface area contributed by atoms with Crippen molar-refractivity contribution < 1.29 is 35.6 Å². The highest BCUT2D eigenvalue weighted by molar-refractivity contribution is 7.92. The van der Waals surface area contributed by atoms with E-state index in [4.69, 9.17) is 9.15 Å². The number of fused-ring (bicyclic) bond motifs is 1. The van der Waals surface area contributed by atoms with Gasteiger partial charge in [0.2, 0.25) is 20.0 Å². The Morgan fingerprint density at radius 2 is 1.49 bits per heavy atom. The number of ether oxygens (including phenoxy) is 1. The molecule has 0 saturated carbocycles. The fourth-order valence-corrected chi connectivity index (χ4v) is 6.85. The SMILES string of the molecule is COC(=O)[C@H](C(C)C)N(C)S(=O)(=O)c1ccc(-c2ccc(NC(=O)c3oc4cccc(NS(C)(=O)=O)c4c3C)cc2)cc1. The number of hydrogen-bond acceptors (Lipinski definition) is 8. The van der Waals surface area contributed by atoms with Crippen molar-refractivity contribution in [1.82, 2.24) is 4.31 Å². The summed E-state index contributed by atoms with van der Waals surface area (Å²) in [6, 6.07) is 17.1. The third kappa shape index (κ3) is 6.74. The Morgan fingerprint density at radius 3 is 2.02 bits per heavy atom. The Kier molecular flexibility index (Phi) is 9.00. The molecule has 11 nitrogen and oxygen atoms in total. The van der Waals surface area contributed by atoms with Crippen molar-refractivity contribution in [2.24, 2.45) is 5.92 Å². The summed E-state index contributed by atoms with van der Waals surface area (Å²) < 4.78 is 64.0. The van der Waals surface area contributed by atoms with Crippen LogP contribution in [-0.4, -0.2) is 59.5 Å². The van der Waals surface area contributed by atoms with Gasteiger partial charge in [-0.25, -0.2) is 16.8 Å². The average Bonchev–Trinajstić information content (AvgIpc) is 3.29. The van der Waals surface area contributed by atoms with E-state index in [0.29, 0.717) is 27.9 Å². The van der Waals surface area contributed by atoms with Gasteiger partial charge in [0.25, 0.3) is 5.91 Å². The van der Waals surface area contributed by atoms with E-state index in [-0.39, 0.29) is 16.6 Å². The quantitative estimate of drug-likeness (QED) is 0.237.